The molecular weight excluding hydrogens is 282 g/mol. The Balaban J connectivity index is 3.05. The third-order valence-corrected chi connectivity index (χ3v) is 4.90. The van der Waals surface area contributed by atoms with Crippen molar-refractivity contribution in [1.82, 2.24) is 4.72 Å². The molecule has 0 aliphatic rings. The second kappa shape index (κ2) is 6.19. The third-order valence-electron chi connectivity index (χ3n) is 3.34. The first kappa shape index (κ1) is 16.4. The molecule has 0 aliphatic carbocycles. The van der Waals surface area contributed by atoms with E-state index in [1.807, 2.05) is 13.8 Å². The first-order valence-electron chi connectivity index (χ1n) is 6.25. The molecule has 2 atom stereocenters. The van der Waals surface area contributed by atoms with E-state index in [1.165, 1.54) is 6.07 Å². The van der Waals surface area contributed by atoms with Crippen LogP contribution in [-0.4, -0.2) is 19.4 Å². The third kappa shape index (κ3) is 3.67. The molecule has 8 heteroatoms. The van der Waals surface area contributed by atoms with Gasteiger partial charge in [-0.05, 0) is 25.0 Å². The van der Waals surface area contributed by atoms with Crippen LogP contribution in [0, 0.1) is 16.0 Å². The number of nitrogens with zero attached hydrogens (tertiary/aromatic N) is 1. The lowest BCUT2D eigenvalue weighted by atomic mass is 10.0. The van der Waals surface area contributed by atoms with Gasteiger partial charge in [0.05, 0.1) is 9.82 Å². The number of hydrogen-bond donors (Lipinski definition) is 2. The monoisotopic (exact) mass is 301 g/mol. The number of benzene rings is 1. The first-order chi connectivity index (χ1) is 9.19. The summed E-state index contributed by atoms with van der Waals surface area (Å²) in [6.45, 7) is 5.69. The average Bonchev–Trinajstić information content (AvgIpc) is 2.36. The van der Waals surface area contributed by atoms with Crippen LogP contribution in [0.15, 0.2) is 23.1 Å². The molecule has 7 nitrogen and oxygen atoms in total. The number of nitro benzene ring substituents is 1. The minimum absolute atomic E-state index is 0.0734. The fraction of sp³-hybridized carbons (Fsp3) is 0.500. The molecule has 0 amide bonds. The van der Waals surface area contributed by atoms with Crippen LogP contribution >= 0.6 is 0 Å². The van der Waals surface area contributed by atoms with E-state index < -0.39 is 14.9 Å². The highest BCUT2D eigenvalue weighted by Crippen LogP contribution is 2.24. The molecular formula is C12H19N3O4S. The predicted octanol–water partition coefficient (Wildman–Crippen LogP) is 1.89. The SMILES string of the molecule is CCC(C)C(C)NS(=O)(=O)c1ccc([N+](=O)[O-])c(N)c1. The van der Waals surface area contributed by atoms with Crippen LogP contribution in [0.25, 0.3) is 0 Å². The molecule has 1 aromatic rings. The summed E-state index contributed by atoms with van der Waals surface area (Å²) in [6, 6.07) is 3.14. The number of anilines is 1. The van der Waals surface area contributed by atoms with Crippen molar-refractivity contribution in [3.63, 3.8) is 0 Å². The first-order valence-corrected chi connectivity index (χ1v) is 7.73. The van der Waals surface area contributed by atoms with E-state index in [0.29, 0.717) is 0 Å². The van der Waals surface area contributed by atoms with Gasteiger partial charge in [-0.1, -0.05) is 20.3 Å². The van der Waals surface area contributed by atoms with Crippen molar-refractivity contribution in [2.24, 2.45) is 5.92 Å². The largest absolute Gasteiger partial charge is 0.393 e. The second-order valence-electron chi connectivity index (χ2n) is 4.77. The minimum atomic E-state index is -3.73. The zero-order valence-electron chi connectivity index (χ0n) is 11.7. The van der Waals surface area contributed by atoms with Gasteiger partial charge in [0.15, 0.2) is 0 Å². The predicted molar refractivity (Wildman–Crippen MR) is 76.7 cm³/mol. The lowest BCUT2D eigenvalue weighted by Gasteiger charge is -2.19. The molecule has 2 unspecified atom stereocenters. The molecule has 0 fully saturated rings. The molecule has 0 radical (unpaired) electrons. The topological polar surface area (TPSA) is 115 Å². The fourth-order valence-corrected chi connectivity index (χ4v) is 3.04. The van der Waals surface area contributed by atoms with Gasteiger partial charge in [0.25, 0.3) is 5.69 Å². The summed E-state index contributed by atoms with van der Waals surface area (Å²) in [4.78, 5) is 9.92. The van der Waals surface area contributed by atoms with E-state index in [1.54, 1.807) is 6.92 Å². The maximum atomic E-state index is 12.2. The Kier molecular flexibility index (Phi) is 5.07. The lowest BCUT2D eigenvalue weighted by molar-refractivity contribution is -0.383. The molecule has 0 aliphatic heterocycles. The van der Waals surface area contributed by atoms with E-state index in [4.69, 9.17) is 5.73 Å². The van der Waals surface area contributed by atoms with Crippen molar-refractivity contribution in [2.75, 3.05) is 5.73 Å². The van der Waals surface area contributed by atoms with Gasteiger partial charge in [0.1, 0.15) is 5.69 Å². The van der Waals surface area contributed by atoms with Crippen LogP contribution in [0.3, 0.4) is 0 Å². The van der Waals surface area contributed by atoms with Crippen molar-refractivity contribution in [1.29, 1.82) is 0 Å². The maximum Gasteiger partial charge on any atom is 0.292 e. The van der Waals surface area contributed by atoms with E-state index in [9.17, 15) is 18.5 Å². The molecule has 112 valence electrons. The average molecular weight is 301 g/mol. The number of nitrogens with one attached hydrogen (secondary N) is 1. The maximum absolute atomic E-state index is 12.2. The van der Waals surface area contributed by atoms with Crippen LogP contribution in [0.1, 0.15) is 27.2 Å². The highest BCUT2D eigenvalue weighted by atomic mass is 32.2. The Morgan fingerprint density at radius 2 is 2.00 bits per heavy atom. The lowest BCUT2D eigenvalue weighted by Crippen LogP contribution is -2.36. The molecule has 3 N–H and O–H groups in total. The van der Waals surface area contributed by atoms with Crippen LogP contribution in [0.4, 0.5) is 11.4 Å². The smallest absolute Gasteiger partial charge is 0.292 e. The Bertz CT molecular complexity index is 601. The normalized spacial score (nSPS) is 14.8. The molecule has 0 bridgehead atoms. The Hall–Kier alpha value is -1.67. The summed E-state index contributed by atoms with van der Waals surface area (Å²) in [5.41, 5.74) is 5.02. The molecule has 0 heterocycles. The van der Waals surface area contributed by atoms with E-state index in [0.717, 1.165) is 18.6 Å². The van der Waals surface area contributed by atoms with Crippen molar-refractivity contribution in [3.8, 4) is 0 Å². The van der Waals surface area contributed by atoms with Gasteiger partial charge in [0, 0.05) is 12.1 Å². The van der Waals surface area contributed by atoms with Crippen molar-refractivity contribution >= 4 is 21.4 Å². The molecule has 20 heavy (non-hydrogen) atoms. The Morgan fingerprint density at radius 1 is 1.40 bits per heavy atom. The Labute approximate surface area is 118 Å². The van der Waals surface area contributed by atoms with Gasteiger partial charge in [-0.2, -0.15) is 0 Å². The number of nitro groups is 1. The zero-order valence-corrected chi connectivity index (χ0v) is 12.5. The van der Waals surface area contributed by atoms with Crippen LogP contribution in [-0.2, 0) is 10.0 Å². The molecule has 0 saturated heterocycles. The quantitative estimate of drug-likeness (QED) is 0.473. The van der Waals surface area contributed by atoms with Gasteiger partial charge in [-0.3, -0.25) is 10.1 Å². The van der Waals surface area contributed by atoms with Crippen molar-refractivity contribution in [3.05, 3.63) is 28.3 Å². The summed E-state index contributed by atoms with van der Waals surface area (Å²) in [7, 11) is -3.73. The summed E-state index contributed by atoms with van der Waals surface area (Å²) in [5, 5.41) is 10.6. The van der Waals surface area contributed by atoms with Crippen LogP contribution in [0.5, 0.6) is 0 Å². The second-order valence-corrected chi connectivity index (χ2v) is 6.49. The highest BCUT2D eigenvalue weighted by molar-refractivity contribution is 7.89. The standard InChI is InChI=1S/C12H19N3O4S/c1-4-8(2)9(3)14-20(18,19)10-5-6-12(15(16)17)11(13)7-10/h5-9,14H,4,13H2,1-3H3. The summed E-state index contributed by atoms with van der Waals surface area (Å²) in [6.07, 6.45) is 0.839. The fourth-order valence-electron chi connectivity index (χ4n) is 1.65. The van der Waals surface area contributed by atoms with Gasteiger partial charge in [0.2, 0.25) is 10.0 Å². The molecule has 0 spiro atoms. The summed E-state index contributed by atoms with van der Waals surface area (Å²) in [5.74, 6) is 0.181. The van der Waals surface area contributed by atoms with Crippen molar-refractivity contribution in [2.45, 2.75) is 38.1 Å². The number of nitrogen functional groups attached to an aromatic ring is 1. The Morgan fingerprint density at radius 3 is 2.45 bits per heavy atom. The molecule has 1 rings (SSSR count). The minimum Gasteiger partial charge on any atom is -0.393 e. The van der Waals surface area contributed by atoms with E-state index in [2.05, 4.69) is 4.72 Å². The number of hydrogen-bond acceptors (Lipinski definition) is 5. The molecule has 0 aromatic heterocycles. The number of rotatable bonds is 6. The van der Waals surface area contributed by atoms with E-state index >= 15 is 0 Å². The molecule has 0 saturated carbocycles. The highest BCUT2D eigenvalue weighted by Gasteiger charge is 2.22. The number of nitrogens with two attached hydrogens (primary N) is 1. The zero-order chi connectivity index (χ0) is 15.5. The van der Waals surface area contributed by atoms with Crippen molar-refractivity contribution < 1.29 is 13.3 Å². The van der Waals surface area contributed by atoms with E-state index in [-0.39, 0.29) is 28.2 Å². The number of sulfonamides is 1. The molecule has 1 aromatic carbocycles. The van der Waals surface area contributed by atoms with Crippen LogP contribution in [0.2, 0.25) is 0 Å². The summed E-state index contributed by atoms with van der Waals surface area (Å²) < 4.78 is 26.9. The summed E-state index contributed by atoms with van der Waals surface area (Å²) >= 11 is 0. The van der Waals surface area contributed by atoms with Gasteiger partial charge < -0.3 is 5.73 Å². The van der Waals surface area contributed by atoms with Gasteiger partial charge in [-0.15, -0.1) is 0 Å². The van der Waals surface area contributed by atoms with Gasteiger partial charge >= 0.3 is 0 Å². The van der Waals surface area contributed by atoms with Crippen LogP contribution < -0.4 is 10.5 Å². The van der Waals surface area contributed by atoms with Gasteiger partial charge in [-0.25, -0.2) is 13.1 Å².